The SMILES string of the molecule is O=C(c1ccccc1)N1CCCC(N2CCN(c3ccc(F)cc3)CC2)C1. The van der Waals surface area contributed by atoms with E-state index in [0.29, 0.717) is 6.04 Å². The maximum Gasteiger partial charge on any atom is 0.253 e. The number of nitrogens with zero attached hydrogens (tertiary/aromatic N) is 3. The second kappa shape index (κ2) is 8.09. The molecule has 0 aromatic heterocycles. The number of benzene rings is 2. The summed E-state index contributed by atoms with van der Waals surface area (Å²) in [6.45, 7) is 5.50. The fourth-order valence-corrected chi connectivity index (χ4v) is 4.20. The Morgan fingerprint density at radius 1 is 0.889 bits per heavy atom. The van der Waals surface area contributed by atoms with Crippen molar-refractivity contribution < 1.29 is 9.18 Å². The number of likely N-dealkylation sites (tertiary alicyclic amines) is 1. The number of piperazine rings is 1. The third-order valence-electron chi connectivity index (χ3n) is 5.73. The van der Waals surface area contributed by atoms with Crippen LogP contribution in [-0.2, 0) is 0 Å². The molecule has 27 heavy (non-hydrogen) atoms. The zero-order valence-electron chi connectivity index (χ0n) is 15.6. The minimum Gasteiger partial charge on any atom is -0.369 e. The number of rotatable bonds is 3. The van der Waals surface area contributed by atoms with Gasteiger partial charge in [0.15, 0.2) is 0 Å². The zero-order chi connectivity index (χ0) is 18.6. The van der Waals surface area contributed by atoms with E-state index in [1.54, 1.807) is 0 Å². The van der Waals surface area contributed by atoms with Crippen molar-refractivity contribution in [1.29, 1.82) is 0 Å². The van der Waals surface area contributed by atoms with E-state index in [-0.39, 0.29) is 11.7 Å². The molecule has 0 bridgehead atoms. The standard InChI is InChI=1S/C22H26FN3O/c23-19-8-10-20(11-9-19)24-13-15-25(16-14-24)21-7-4-12-26(17-21)22(27)18-5-2-1-3-6-18/h1-3,5-6,8-11,21H,4,7,12-17H2. The molecule has 2 aliphatic heterocycles. The summed E-state index contributed by atoms with van der Waals surface area (Å²) >= 11 is 0. The van der Waals surface area contributed by atoms with Crippen LogP contribution >= 0.6 is 0 Å². The van der Waals surface area contributed by atoms with Crippen LogP contribution in [0.5, 0.6) is 0 Å². The first-order valence-electron chi connectivity index (χ1n) is 9.79. The quantitative estimate of drug-likeness (QED) is 0.833. The van der Waals surface area contributed by atoms with Crippen LogP contribution in [0.25, 0.3) is 0 Å². The molecular formula is C22H26FN3O. The Bertz CT molecular complexity index is 757. The van der Waals surface area contributed by atoms with E-state index in [1.807, 2.05) is 47.4 Å². The van der Waals surface area contributed by atoms with Gasteiger partial charge in [-0.25, -0.2) is 4.39 Å². The van der Waals surface area contributed by atoms with Crippen LogP contribution in [0.4, 0.5) is 10.1 Å². The lowest BCUT2D eigenvalue weighted by Crippen LogP contribution is -2.55. The number of hydrogen-bond donors (Lipinski definition) is 0. The lowest BCUT2D eigenvalue weighted by molar-refractivity contribution is 0.0563. The molecule has 2 fully saturated rings. The summed E-state index contributed by atoms with van der Waals surface area (Å²) in [5.41, 5.74) is 1.86. The van der Waals surface area contributed by atoms with Crippen LogP contribution in [0.2, 0.25) is 0 Å². The Morgan fingerprint density at radius 2 is 1.59 bits per heavy atom. The number of anilines is 1. The Morgan fingerprint density at radius 3 is 2.30 bits per heavy atom. The fraction of sp³-hybridized carbons (Fsp3) is 0.409. The lowest BCUT2D eigenvalue weighted by atomic mass is 10.0. The molecule has 2 aliphatic rings. The first-order valence-corrected chi connectivity index (χ1v) is 9.79. The number of halogens is 1. The van der Waals surface area contributed by atoms with Gasteiger partial charge in [0.25, 0.3) is 5.91 Å². The third kappa shape index (κ3) is 4.14. The molecule has 1 unspecified atom stereocenters. The third-order valence-corrected chi connectivity index (χ3v) is 5.73. The largest absolute Gasteiger partial charge is 0.369 e. The lowest BCUT2D eigenvalue weighted by Gasteiger charge is -2.44. The highest BCUT2D eigenvalue weighted by molar-refractivity contribution is 5.94. The summed E-state index contributed by atoms with van der Waals surface area (Å²) in [6.07, 6.45) is 2.20. The van der Waals surface area contributed by atoms with Crippen molar-refractivity contribution in [2.75, 3.05) is 44.2 Å². The van der Waals surface area contributed by atoms with E-state index in [9.17, 15) is 9.18 Å². The van der Waals surface area contributed by atoms with Crippen LogP contribution < -0.4 is 4.90 Å². The molecule has 5 heteroatoms. The second-order valence-electron chi connectivity index (χ2n) is 7.41. The van der Waals surface area contributed by atoms with Gasteiger partial charge in [0, 0.05) is 56.6 Å². The maximum absolute atomic E-state index is 13.1. The predicted octanol–water partition coefficient (Wildman–Crippen LogP) is 3.25. The Hall–Kier alpha value is -2.40. The number of carbonyl (C=O) groups excluding carboxylic acids is 1. The fourth-order valence-electron chi connectivity index (χ4n) is 4.20. The molecular weight excluding hydrogens is 341 g/mol. The van der Waals surface area contributed by atoms with Gasteiger partial charge in [-0.15, -0.1) is 0 Å². The van der Waals surface area contributed by atoms with E-state index < -0.39 is 0 Å². The summed E-state index contributed by atoms with van der Waals surface area (Å²) in [5, 5.41) is 0. The summed E-state index contributed by atoms with van der Waals surface area (Å²) in [6, 6.07) is 16.8. The van der Waals surface area contributed by atoms with Gasteiger partial charge in [-0.2, -0.15) is 0 Å². The first-order chi connectivity index (χ1) is 13.2. The molecule has 2 aromatic rings. The van der Waals surface area contributed by atoms with E-state index >= 15 is 0 Å². The summed E-state index contributed by atoms with van der Waals surface area (Å²) in [7, 11) is 0. The topological polar surface area (TPSA) is 26.8 Å². The Labute approximate surface area is 160 Å². The molecule has 0 spiro atoms. The normalized spacial score (nSPS) is 21.3. The highest BCUT2D eigenvalue weighted by Gasteiger charge is 2.30. The Kier molecular flexibility index (Phi) is 5.39. The van der Waals surface area contributed by atoms with E-state index in [1.165, 1.54) is 12.1 Å². The predicted molar refractivity (Wildman–Crippen MR) is 106 cm³/mol. The molecule has 4 nitrogen and oxygen atoms in total. The molecule has 142 valence electrons. The molecule has 0 radical (unpaired) electrons. The van der Waals surface area contributed by atoms with Crippen molar-refractivity contribution in [1.82, 2.24) is 9.80 Å². The van der Waals surface area contributed by atoms with E-state index in [4.69, 9.17) is 0 Å². The van der Waals surface area contributed by atoms with Crippen LogP contribution in [0, 0.1) is 5.82 Å². The van der Waals surface area contributed by atoms with Gasteiger partial charge in [0.05, 0.1) is 0 Å². The van der Waals surface area contributed by atoms with Crippen LogP contribution in [0.3, 0.4) is 0 Å². The van der Waals surface area contributed by atoms with Gasteiger partial charge in [0.2, 0.25) is 0 Å². The smallest absolute Gasteiger partial charge is 0.253 e. The summed E-state index contributed by atoms with van der Waals surface area (Å²) < 4.78 is 13.1. The minimum absolute atomic E-state index is 0.144. The van der Waals surface area contributed by atoms with Gasteiger partial charge in [-0.05, 0) is 49.2 Å². The van der Waals surface area contributed by atoms with Crippen molar-refractivity contribution >= 4 is 11.6 Å². The van der Waals surface area contributed by atoms with Crippen molar-refractivity contribution in [3.63, 3.8) is 0 Å². The van der Waals surface area contributed by atoms with Crippen molar-refractivity contribution in [2.24, 2.45) is 0 Å². The van der Waals surface area contributed by atoms with Gasteiger partial charge in [0.1, 0.15) is 5.82 Å². The maximum atomic E-state index is 13.1. The average Bonchev–Trinajstić information content (AvgIpc) is 2.75. The molecule has 0 aliphatic carbocycles. The minimum atomic E-state index is -0.192. The van der Waals surface area contributed by atoms with Crippen molar-refractivity contribution in [3.05, 3.63) is 66.0 Å². The van der Waals surface area contributed by atoms with E-state index in [2.05, 4.69) is 9.80 Å². The van der Waals surface area contributed by atoms with Crippen LogP contribution in [0.15, 0.2) is 54.6 Å². The first kappa shape index (κ1) is 18.0. The molecule has 2 heterocycles. The number of hydrogen-bond acceptors (Lipinski definition) is 3. The van der Waals surface area contributed by atoms with Crippen molar-refractivity contribution in [3.8, 4) is 0 Å². The van der Waals surface area contributed by atoms with Gasteiger partial charge >= 0.3 is 0 Å². The molecule has 4 rings (SSSR count). The van der Waals surface area contributed by atoms with Gasteiger partial charge < -0.3 is 9.80 Å². The molecule has 0 N–H and O–H groups in total. The average molecular weight is 367 g/mol. The molecule has 1 amide bonds. The molecule has 0 saturated carbocycles. The zero-order valence-corrected chi connectivity index (χ0v) is 15.6. The van der Waals surface area contributed by atoms with Gasteiger partial charge in [-0.1, -0.05) is 18.2 Å². The second-order valence-corrected chi connectivity index (χ2v) is 7.41. The molecule has 1 atom stereocenters. The highest BCUT2D eigenvalue weighted by Crippen LogP contribution is 2.22. The molecule has 2 saturated heterocycles. The monoisotopic (exact) mass is 367 g/mol. The summed E-state index contributed by atoms with van der Waals surface area (Å²) in [4.78, 5) is 19.6. The Balaban J connectivity index is 1.34. The van der Waals surface area contributed by atoms with Crippen molar-refractivity contribution in [2.45, 2.75) is 18.9 Å². The van der Waals surface area contributed by atoms with E-state index in [0.717, 1.165) is 63.4 Å². The number of amides is 1. The number of piperidine rings is 1. The summed E-state index contributed by atoms with van der Waals surface area (Å²) in [5.74, 6) is -0.0481. The van der Waals surface area contributed by atoms with Crippen LogP contribution in [-0.4, -0.2) is 61.0 Å². The molecule has 2 aromatic carbocycles. The van der Waals surface area contributed by atoms with Crippen LogP contribution in [0.1, 0.15) is 23.2 Å². The highest BCUT2D eigenvalue weighted by atomic mass is 19.1. The van der Waals surface area contributed by atoms with Gasteiger partial charge in [-0.3, -0.25) is 9.69 Å². The number of carbonyl (C=O) groups is 1.